The normalized spacial score (nSPS) is 12.0. The van der Waals surface area contributed by atoms with Crippen LogP contribution in [0.15, 0.2) is 30.3 Å². The highest BCUT2D eigenvalue weighted by atomic mass is 35.5. The fraction of sp³-hybridized carbons (Fsp3) is 0.500. The summed E-state index contributed by atoms with van der Waals surface area (Å²) in [6.45, 7) is 5.53. The molecule has 0 heterocycles. The molecule has 0 spiro atoms. The first-order valence-electron chi connectivity index (χ1n) is 6.96. The molecule has 5 nitrogen and oxygen atoms in total. The molecule has 0 aliphatic rings. The molecule has 0 bridgehead atoms. The number of rotatable bonds is 6. The average molecular weight is 330 g/mol. The molecule has 0 radical (unpaired) electrons. The number of ether oxygens (including phenoxy) is 2. The van der Waals surface area contributed by atoms with Gasteiger partial charge in [0, 0.05) is 6.42 Å². The highest BCUT2D eigenvalue weighted by Crippen LogP contribution is 2.10. The Morgan fingerprint density at radius 3 is 2.32 bits per heavy atom. The van der Waals surface area contributed by atoms with Crippen molar-refractivity contribution >= 4 is 24.3 Å². The first-order valence-corrected chi connectivity index (χ1v) is 6.96. The van der Waals surface area contributed by atoms with E-state index in [1.807, 2.05) is 30.3 Å². The molecule has 22 heavy (non-hydrogen) atoms. The molecule has 0 saturated carbocycles. The molecule has 0 aromatic heterocycles. The lowest BCUT2D eigenvalue weighted by Gasteiger charge is -2.22. The molecule has 0 saturated heterocycles. The lowest BCUT2D eigenvalue weighted by atomic mass is 10.1. The molecule has 2 N–H and O–H groups in total. The molecule has 1 aromatic carbocycles. The summed E-state index contributed by atoms with van der Waals surface area (Å²) in [7, 11) is 0. The van der Waals surface area contributed by atoms with Crippen molar-refractivity contribution in [3.63, 3.8) is 0 Å². The highest BCUT2D eigenvalue weighted by molar-refractivity contribution is 5.85. The topological polar surface area (TPSA) is 78.6 Å². The van der Waals surface area contributed by atoms with Crippen LogP contribution >= 0.6 is 12.4 Å². The summed E-state index contributed by atoms with van der Waals surface area (Å²) in [6, 6.07) is 8.59. The predicted octanol–water partition coefficient (Wildman–Crippen LogP) is 2.60. The summed E-state index contributed by atoms with van der Waals surface area (Å²) in [5.41, 5.74) is 6.04. The zero-order valence-electron chi connectivity index (χ0n) is 13.2. The molecule has 0 aliphatic carbocycles. The summed E-state index contributed by atoms with van der Waals surface area (Å²) >= 11 is 0. The Morgan fingerprint density at radius 2 is 1.77 bits per heavy atom. The van der Waals surface area contributed by atoms with E-state index in [-0.39, 0.29) is 37.8 Å². The Morgan fingerprint density at radius 1 is 1.18 bits per heavy atom. The third-order valence-corrected chi connectivity index (χ3v) is 2.61. The maximum Gasteiger partial charge on any atom is 0.323 e. The second kappa shape index (κ2) is 9.43. The number of carbonyl (C=O) groups is 2. The molecule has 1 unspecified atom stereocenters. The van der Waals surface area contributed by atoms with Gasteiger partial charge in [0.05, 0.1) is 0 Å². The number of esters is 2. The van der Waals surface area contributed by atoms with E-state index in [2.05, 4.69) is 0 Å². The van der Waals surface area contributed by atoms with Gasteiger partial charge in [-0.25, -0.2) is 0 Å². The Balaban J connectivity index is 0.00000441. The van der Waals surface area contributed by atoms with Crippen LogP contribution in [0.2, 0.25) is 0 Å². The second-order valence-electron chi connectivity index (χ2n) is 5.82. The van der Waals surface area contributed by atoms with Crippen LogP contribution in [0.25, 0.3) is 0 Å². The van der Waals surface area contributed by atoms with Gasteiger partial charge in [-0.1, -0.05) is 30.3 Å². The van der Waals surface area contributed by atoms with Gasteiger partial charge in [-0.15, -0.1) is 12.4 Å². The SMILES string of the molecule is CC(C)(C)OC(=O)C(N)CCC(=O)OCc1ccccc1.Cl. The summed E-state index contributed by atoms with van der Waals surface area (Å²) < 4.78 is 10.3. The maximum atomic E-state index is 11.7. The van der Waals surface area contributed by atoms with E-state index in [0.29, 0.717) is 0 Å². The second-order valence-corrected chi connectivity index (χ2v) is 5.82. The van der Waals surface area contributed by atoms with Gasteiger partial charge in [-0.2, -0.15) is 0 Å². The maximum absolute atomic E-state index is 11.7. The molecule has 6 heteroatoms. The van der Waals surface area contributed by atoms with Crippen molar-refractivity contribution in [1.82, 2.24) is 0 Å². The van der Waals surface area contributed by atoms with Gasteiger partial charge in [0.2, 0.25) is 0 Å². The van der Waals surface area contributed by atoms with Gasteiger partial charge >= 0.3 is 11.9 Å². The molecule has 1 rings (SSSR count). The van der Waals surface area contributed by atoms with Crippen molar-refractivity contribution in [2.45, 2.75) is 51.9 Å². The van der Waals surface area contributed by atoms with E-state index < -0.39 is 17.6 Å². The van der Waals surface area contributed by atoms with Crippen molar-refractivity contribution < 1.29 is 19.1 Å². The van der Waals surface area contributed by atoms with Crippen LogP contribution in [0.3, 0.4) is 0 Å². The zero-order valence-corrected chi connectivity index (χ0v) is 14.0. The Hall–Kier alpha value is -1.59. The van der Waals surface area contributed by atoms with Crippen LogP contribution in [0.1, 0.15) is 39.2 Å². The van der Waals surface area contributed by atoms with Crippen LogP contribution in [-0.2, 0) is 25.7 Å². The first-order chi connectivity index (χ1) is 9.78. The zero-order chi connectivity index (χ0) is 15.9. The molecule has 0 aliphatic heterocycles. The lowest BCUT2D eigenvalue weighted by molar-refractivity contribution is -0.156. The molecule has 0 amide bonds. The van der Waals surface area contributed by atoms with E-state index in [0.717, 1.165) is 5.56 Å². The number of hydrogen-bond acceptors (Lipinski definition) is 5. The first kappa shape index (κ1) is 20.4. The van der Waals surface area contributed by atoms with Crippen LogP contribution in [0, 0.1) is 0 Å². The molecular weight excluding hydrogens is 306 g/mol. The third-order valence-electron chi connectivity index (χ3n) is 2.61. The number of hydrogen-bond donors (Lipinski definition) is 1. The number of benzene rings is 1. The van der Waals surface area contributed by atoms with Crippen molar-refractivity contribution in [1.29, 1.82) is 0 Å². The minimum atomic E-state index is -0.812. The summed E-state index contributed by atoms with van der Waals surface area (Å²) in [4.78, 5) is 23.2. The fourth-order valence-corrected chi connectivity index (χ4v) is 1.58. The van der Waals surface area contributed by atoms with Crippen LogP contribution in [-0.4, -0.2) is 23.6 Å². The lowest BCUT2D eigenvalue weighted by Crippen LogP contribution is -2.37. The van der Waals surface area contributed by atoms with Gasteiger partial charge in [-0.05, 0) is 32.8 Å². The van der Waals surface area contributed by atoms with Crippen molar-refractivity contribution in [2.24, 2.45) is 5.73 Å². The summed E-state index contributed by atoms with van der Waals surface area (Å²) in [6.07, 6.45) is 0.301. The van der Waals surface area contributed by atoms with Gasteiger partial charge in [0.25, 0.3) is 0 Å². The van der Waals surface area contributed by atoms with Crippen molar-refractivity contribution in [3.8, 4) is 0 Å². The van der Waals surface area contributed by atoms with E-state index in [1.54, 1.807) is 20.8 Å². The minimum Gasteiger partial charge on any atom is -0.461 e. The number of nitrogens with two attached hydrogens (primary N) is 1. The minimum absolute atomic E-state index is 0. The monoisotopic (exact) mass is 329 g/mol. The smallest absolute Gasteiger partial charge is 0.323 e. The van der Waals surface area contributed by atoms with Gasteiger partial charge in [0.15, 0.2) is 0 Å². The standard InChI is InChI=1S/C16H23NO4.ClH/c1-16(2,3)21-15(19)13(17)9-10-14(18)20-11-12-7-5-4-6-8-12;/h4-8,13H,9-11,17H2,1-3H3;1H. The van der Waals surface area contributed by atoms with Crippen LogP contribution < -0.4 is 5.73 Å². The van der Waals surface area contributed by atoms with Crippen LogP contribution in [0.4, 0.5) is 0 Å². The van der Waals surface area contributed by atoms with Gasteiger partial charge < -0.3 is 15.2 Å². The molecule has 1 aromatic rings. The molecule has 0 fully saturated rings. The number of carbonyl (C=O) groups excluding carboxylic acids is 2. The molecule has 124 valence electrons. The van der Waals surface area contributed by atoms with Gasteiger partial charge in [0.1, 0.15) is 18.2 Å². The third kappa shape index (κ3) is 8.64. The largest absolute Gasteiger partial charge is 0.461 e. The van der Waals surface area contributed by atoms with Crippen molar-refractivity contribution in [2.75, 3.05) is 0 Å². The van der Waals surface area contributed by atoms with Crippen molar-refractivity contribution in [3.05, 3.63) is 35.9 Å². The Kier molecular flexibility index (Phi) is 8.75. The Bertz CT molecular complexity index is 471. The van der Waals surface area contributed by atoms with Crippen LogP contribution in [0.5, 0.6) is 0 Å². The van der Waals surface area contributed by atoms with E-state index >= 15 is 0 Å². The molecule has 1 atom stereocenters. The quantitative estimate of drug-likeness (QED) is 0.811. The van der Waals surface area contributed by atoms with E-state index in [1.165, 1.54) is 0 Å². The summed E-state index contributed by atoms with van der Waals surface area (Å²) in [5.74, 6) is -0.878. The number of halogens is 1. The van der Waals surface area contributed by atoms with E-state index in [9.17, 15) is 9.59 Å². The van der Waals surface area contributed by atoms with Gasteiger partial charge in [-0.3, -0.25) is 9.59 Å². The highest BCUT2D eigenvalue weighted by Gasteiger charge is 2.22. The predicted molar refractivity (Wildman–Crippen MR) is 86.5 cm³/mol. The summed E-state index contributed by atoms with van der Waals surface area (Å²) in [5, 5.41) is 0. The average Bonchev–Trinajstić information content (AvgIpc) is 2.41. The molecular formula is C16H24ClNO4. The fourth-order valence-electron chi connectivity index (χ4n) is 1.58. The Labute approximate surface area is 137 Å². The van der Waals surface area contributed by atoms with E-state index in [4.69, 9.17) is 15.2 Å².